The lowest BCUT2D eigenvalue weighted by Crippen LogP contribution is -2.55. The maximum atomic E-state index is 13.8. The summed E-state index contributed by atoms with van der Waals surface area (Å²) in [7, 11) is 0.388. The van der Waals surface area contributed by atoms with Gasteiger partial charge in [0.15, 0.2) is 0 Å². The van der Waals surface area contributed by atoms with Crippen LogP contribution < -0.4 is 15.4 Å². The van der Waals surface area contributed by atoms with Crippen LogP contribution in [-0.4, -0.2) is 75.0 Å². The number of benzene rings is 1. The molecule has 1 aromatic carbocycles. The Hall–Kier alpha value is -2.73. The number of amides is 2. The molecule has 1 radical (unpaired) electrons. The number of hydrogen-bond donors (Lipinski definition) is 3. The molecule has 1 aliphatic rings. The molecule has 0 bridgehead atoms. The SMILES string of the molecule is COc1cc(C(C)(C)C)c2c(c1C)C(=O)OC[C@H](NC(=O)OC(C)(C)C)C(=O)N[C@H](C(=O)O)CSC2[Si](C)C. The minimum Gasteiger partial charge on any atom is -0.496 e. The number of ether oxygens (including phenoxy) is 3. The molecule has 0 aromatic heterocycles. The number of alkyl carbamates (subject to hydrolysis) is 1. The zero-order chi connectivity index (χ0) is 29.9. The van der Waals surface area contributed by atoms with Crippen molar-refractivity contribution >= 4 is 44.5 Å². The largest absolute Gasteiger partial charge is 0.496 e. The highest BCUT2D eigenvalue weighted by Crippen LogP contribution is 2.44. The Morgan fingerprint density at radius 3 is 2.28 bits per heavy atom. The van der Waals surface area contributed by atoms with Crippen LogP contribution in [0.2, 0.25) is 13.1 Å². The highest BCUT2D eigenvalue weighted by Gasteiger charge is 2.37. The van der Waals surface area contributed by atoms with Crippen LogP contribution in [0.25, 0.3) is 0 Å². The average molecular weight is 582 g/mol. The van der Waals surface area contributed by atoms with Crippen LogP contribution in [0.1, 0.15) is 73.5 Å². The third kappa shape index (κ3) is 8.37. The van der Waals surface area contributed by atoms with Gasteiger partial charge in [0.25, 0.3) is 0 Å². The molecule has 1 heterocycles. The number of rotatable bonds is 4. The summed E-state index contributed by atoms with van der Waals surface area (Å²) in [5.74, 6) is -2.07. The molecule has 1 aromatic rings. The first kappa shape index (κ1) is 32.5. The second-order valence-corrected chi connectivity index (χ2v) is 16.1. The van der Waals surface area contributed by atoms with Crippen molar-refractivity contribution in [1.29, 1.82) is 0 Å². The number of nitrogens with one attached hydrogen (secondary N) is 2. The second-order valence-electron chi connectivity index (χ2n) is 11.8. The summed E-state index contributed by atoms with van der Waals surface area (Å²) in [4.78, 5) is 51.3. The first-order valence-corrected chi connectivity index (χ1v) is 16.3. The number of carbonyl (C=O) groups is 4. The minimum atomic E-state index is -1.38. The number of esters is 1. The van der Waals surface area contributed by atoms with E-state index in [0.717, 1.165) is 11.1 Å². The van der Waals surface area contributed by atoms with E-state index in [1.807, 2.05) is 26.8 Å². The van der Waals surface area contributed by atoms with Gasteiger partial charge in [-0.25, -0.2) is 14.4 Å². The van der Waals surface area contributed by atoms with Crippen molar-refractivity contribution in [3.63, 3.8) is 0 Å². The standard InChI is InChI=1S/C27H41N2O8SSi/c1-14-18(35-8)11-15(26(2,3)4)20-19(14)23(33)36-12-16(29-25(34)37-27(5,6)7)21(30)28-17(22(31)32)13-38-24(20)39(9)10/h11,16-17,24H,12-13H2,1-10H3,(H,28,30)(H,29,34)(H,31,32)/t16-,17-,24?/m0/s1. The Balaban J connectivity index is 2.73. The van der Waals surface area contributed by atoms with Crippen LogP contribution in [0.15, 0.2) is 6.07 Å². The van der Waals surface area contributed by atoms with Crippen molar-refractivity contribution in [2.75, 3.05) is 19.5 Å². The monoisotopic (exact) mass is 581 g/mol. The second kappa shape index (κ2) is 12.6. The van der Waals surface area contributed by atoms with Gasteiger partial charge in [-0.2, -0.15) is 11.8 Å². The summed E-state index contributed by atoms with van der Waals surface area (Å²) in [6.45, 7) is 16.6. The molecule has 217 valence electrons. The molecule has 1 aliphatic heterocycles. The minimum absolute atomic E-state index is 0.0594. The van der Waals surface area contributed by atoms with E-state index in [1.54, 1.807) is 27.7 Å². The van der Waals surface area contributed by atoms with Crippen LogP contribution in [0.3, 0.4) is 0 Å². The van der Waals surface area contributed by atoms with Gasteiger partial charge in [0, 0.05) is 16.2 Å². The van der Waals surface area contributed by atoms with Crippen LogP contribution in [0, 0.1) is 6.92 Å². The molecule has 0 fully saturated rings. The molecule has 0 saturated carbocycles. The third-order valence-electron chi connectivity index (χ3n) is 6.03. The Morgan fingerprint density at radius 2 is 1.79 bits per heavy atom. The van der Waals surface area contributed by atoms with Crippen molar-refractivity contribution in [3.8, 4) is 5.75 Å². The number of thioether (sulfide) groups is 1. The molecule has 1 unspecified atom stereocenters. The fourth-order valence-corrected chi connectivity index (χ4v) is 7.71. The van der Waals surface area contributed by atoms with E-state index in [4.69, 9.17) is 14.2 Å². The van der Waals surface area contributed by atoms with E-state index >= 15 is 0 Å². The fraction of sp³-hybridized carbons (Fsp3) is 0.630. The Morgan fingerprint density at radius 1 is 1.18 bits per heavy atom. The highest BCUT2D eigenvalue weighted by molar-refractivity contribution is 8.01. The van der Waals surface area contributed by atoms with E-state index in [0.29, 0.717) is 16.9 Å². The van der Waals surface area contributed by atoms with E-state index in [-0.39, 0.29) is 16.0 Å². The van der Waals surface area contributed by atoms with Gasteiger partial charge in [0.2, 0.25) is 5.91 Å². The van der Waals surface area contributed by atoms with Crippen LogP contribution in [-0.2, 0) is 24.5 Å². The quantitative estimate of drug-likeness (QED) is 0.355. The Kier molecular flexibility index (Phi) is 10.5. The van der Waals surface area contributed by atoms with E-state index < -0.39 is 57.0 Å². The van der Waals surface area contributed by atoms with Gasteiger partial charge in [-0.05, 0) is 50.3 Å². The van der Waals surface area contributed by atoms with Gasteiger partial charge in [0.1, 0.15) is 30.0 Å². The van der Waals surface area contributed by atoms with Crippen molar-refractivity contribution in [3.05, 3.63) is 28.3 Å². The molecule has 2 rings (SSSR count). The third-order valence-corrected chi connectivity index (χ3v) is 10.4. The predicted molar refractivity (Wildman–Crippen MR) is 152 cm³/mol. The summed E-state index contributed by atoms with van der Waals surface area (Å²) in [5, 5.41) is 14.8. The lowest BCUT2D eigenvalue weighted by atomic mass is 9.81. The molecule has 2 amide bonds. The molecular formula is C27H41N2O8SSi. The average Bonchev–Trinajstić information content (AvgIpc) is 2.77. The molecule has 3 N–H and O–H groups in total. The predicted octanol–water partition coefficient (Wildman–Crippen LogP) is 4.00. The Bertz CT molecular complexity index is 1110. The number of carboxylic acid groups (broad SMARTS) is 1. The zero-order valence-electron chi connectivity index (χ0n) is 24.4. The summed E-state index contributed by atoms with van der Waals surface area (Å²) in [5.41, 5.74) is 1.41. The van der Waals surface area contributed by atoms with Gasteiger partial charge < -0.3 is 30.0 Å². The number of hydrogen-bond acceptors (Lipinski definition) is 8. The lowest BCUT2D eigenvalue weighted by molar-refractivity contribution is -0.141. The lowest BCUT2D eigenvalue weighted by Gasteiger charge is -2.33. The van der Waals surface area contributed by atoms with Crippen molar-refractivity contribution in [2.45, 2.75) is 89.5 Å². The number of aliphatic carboxylic acids is 1. The number of methoxy groups -OCH3 is 1. The summed E-state index contributed by atoms with van der Waals surface area (Å²) >= 11 is 1.39. The summed E-state index contributed by atoms with van der Waals surface area (Å²) in [6, 6.07) is -0.667. The van der Waals surface area contributed by atoms with Crippen LogP contribution in [0.4, 0.5) is 4.79 Å². The van der Waals surface area contributed by atoms with Gasteiger partial charge in [0.05, 0.1) is 21.5 Å². The van der Waals surface area contributed by atoms with Crippen molar-refractivity contribution in [1.82, 2.24) is 10.6 Å². The Labute approximate surface area is 236 Å². The summed E-state index contributed by atoms with van der Waals surface area (Å²) in [6.07, 6.45) is -0.899. The van der Waals surface area contributed by atoms with Gasteiger partial charge >= 0.3 is 18.0 Å². The number of cyclic esters (lactones) is 1. The summed E-state index contributed by atoms with van der Waals surface area (Å²) < 4.78 is 16.5. The molecular weight excluding hydrogens is 540 g/mol. The zero-order valence-corrected chi connectivity index (χ0v) is 26.3. The van der Waals surface area contributed by atoms with Gasteiger partial charge in [-0.15, -0.1) is 0 Å². The molecule has 0 aliphatic carbocycles. The van der Waals surface area contributed by atoms with Crippen molar-refractivity contribution in [2.24, 2.45) is 0 Å². The number of fused-ring (bicyclic) bond motifs is 1. The normalized spacial score (nSPS) is 21.1. The first-order valence-electron chi connectivity index (χ1n) is 12.7. The van der Waals surface area contributed by atoms with E-state index in [9.17, 15) is 24.3 Å². The molecule has 0 saturated heterocycles. The maximum absolute atomic E-state index is 13.8. The maximum Gasteiger partial charge on any atom is 0.408 e. The molecule has 10 nitrogen and oxygen atoms in total. The molecule has 3 atom stereocenters. The smallest absolute Gasteiger partial charge is 0.408 e. The van der Waals surface area contributed by atoms with Gasteiger partial charge in [-0.3, -0.25) is 4.79 Å². The topological polar surface area (TPSA) is 140 Å². The highest BCUT2D eigenvalue weighted by atomic mass is 32.2. The van der Waals surface area contributed by atoms with E-state index in [1.165, 1.54) is 18.9 Å². The molecule has 0 spiro atoms. The van der Waals surface area contributed by atoms with Gasteiger partial charge in [-0.1, -0.05) is 33.9 Å². The van der Waals surface area contributed by atoms with Crippen LogP contribution >= 0.6 is 11.8 Å². The molecule has 12 heteroatoms. The van der Waals surface area contributed by atoms with Crippen LogP contribution in [0.5, 0.6) is 5.75 Å². The van der Waals surface area contributed by atoms with E-state index in [2.05, 4.69) is 23.7 Å². The molecule has 39 heavy (non-hydrogen) atoms. The first-order chi connectivity index (χ1) is 17.9. The number of carboxylic acids is 1. The fourth-order valence-electron chi connectivity index (χ4n) is 4.19. The number of carbonyl (C=O) groups excluding carboxylic acids is 3. The van der Waals surface area contributed by atoms with Crippen molar-refractivity contribution < 1.29 is 38.5 Å².